The molecule has 0 saturated heterocycles. The molecule has 0 bridgehead atoms. The predicted octanol–water partition coefficient (Wildman–Crippen LogP) is 5.74. The molecule has 0 spiro atoms. The summed E-state index contributed by atoms with van der Waals surface area (Å²) in [5.74, 6) is 0.139. The molecule has 0 unspecified atom stereocenters. The van der Waals surface area contributed by atoms with E-state index >= 15 is 0 Å². The molecule has 3 aromatic carbocycles. The van der Waals surface area contributed by atoms with Crippen molar-refractivity contribution in [3.63, 3.8) is 0 Å². The van der Waals surface area contributed by atoms with Gasteiger partial charge < -0.3 is 16.0 Å². The van der Waals surface area contributed by atoms with Crippen molar-refractivity contribution >= 4 is 52.2 Å². The molecule has 0 aliphatic carbocycles. The van der Waals surface area contributed by atoms with E-state index < -0.39 is 5.56 Å². The maximum atomic E-state index is 12.6. The molecule has 4 rings (SSSR count). The van der Waals surface area contributed by atoms with Crippen LogP contribution in [0.2, 0.25) is 10.0 Å². The van der Waals surface area contributed by atoms with Crippen LogP contribution in [-0.4, -0.2) is 15.9 Å². The molecule has 1 heterocycles. The van der Waals surface area contributed by atoms with Gasteiger partial charge >= 0.3 is 0 Å². The van der Waals surface area contributed by atoms with Gasteiger partial charge in [-0.25, -0.2) is 4.98 Å². The average molecular weight is 522 g/mol. The Kier molecular flexibility index (Phi) is 7.42. The van der Waals surface area contributed by atoms with E-state index in [0.717, 1.165) is 5.56 Å². The van der Waals surface area contributed by atoms with Gasteiger partial charge in [-0.2, -0.15) is 5.26 Å². The Labute approximate surface area is 214 Å². The number of carbonyl (C=O) groups excluding carboxylic acids is 1. The zero-order chi connectivity index (χ0) is 24.9. The van der Waals surface area contributed by atoms with Crippen LogP contribution < -0.4 is 16.6 Å². The standard InChI is InChI=1S/C25H17Cl2N5O2S/c26-20-8-7-16(11-21(20)27)23(33)30-18-6-1-3-14(9-18)13-35-25-31-22(19(12-28)24(34)32-25)15-4-2-5-17(29)10-15/h1-11H,13,29H2,(H,30,33)(H,31,32,34). The van der Waals surface area contributed by atoms with Gasteiger partial charge in [0.05, 0.1) is 15.7 Å². The number of nitrogens with two attached hydrogens (primary N) is 1. The number of thioether (sulfide) groups is 1. The number of carbonyl (C=O) groups is 1. The number of anilines is 2. The summed E-state index contributed by atoms with van der Waals surface area (Å²) in [6.07, 6.45) is 0. The summed E-state index contributed by atoms with van der Waals surface area (Å²) in [7, 11) is 0. The van der Waals surface area contributed by atoms with Gasteiger partial charge in [0, 0.05) is 28.3 Å². The van der Waals surface area contributed by atoms with Crippen molar-refractivity contribution in [2.24, 2.45) is 0 Å². The molecule has 35 heavy (non-hydrogen) atoms. The van der Waals surface area contributed by atoms with Crippen LogP contribution in [0, 0.1) is 11.3 Å². The van der Waals surface area contributed by atoms with Gasteiger partial charge in [-0.3, -0.25) is 9.59 Å². The molecule has 1 aromatic heterocycles. The van der Waals surface area contributed by atoms with Gasteiger partial charge in [-0.15, -0.1) is 0 Å². The number of nitrogen functional groups attached to an aromatic ring is 1. The van der Waals surface area contributed by atoms with E-state index in [0.29, 0.717) is 43.5 Å². The van der Waals surface area contributed by atoms with E-state index in [4.69, 9.17) is 28.9 Å². The zero-order valence-electron chi connectivity index (χ0n) is 18.0. The van der Waals surface area contributed by atoms with Crippen LogP contribution in [0.1, 0.15) is 21.5 Å². The zero-order valence-corrected chi connectivity index (χ0v) is 20.3. The molecule has 0 saturated carbocycles. The first-order valence-corrected chi connectivity index (χ1v) is 12.0. The van der Waals surface area contributed by atoms with Crippen molar-refractivity contribution in [2.75, 3.05) is 11.1 Å². The monoisotopic (exact) mass is 521 g/mol. The smallest absolute Gasteiger partial charge is 0.270 e. The van der Waals surface area contributed by atoms with E-state index in [9.17, 15) is 14.9 Å². The SMILES string of the molecule is N#Cc1c(-c2cccc(N)c2)nc(SCc2cccc(NC(=O)c3ccc(Cl)c(Cl)c3)c2)[nH]c1=O. The third kappa shape index (κ3) is 5.84. The Morgan fingerprint density at radius 1 is 1.09 bits per heavy atom. The van der Waals surface area contributed by atoms with Crippen LogP contribution >= 0.6 is 35.0 Å². The number of hydrogen-bond donors (Lipinski definition) is 3. The Morgan fingerprint density at radius 3 is 2.63 bits per heavy atom. The number of aromatic amines is 1. The maximum Gasteiger partial charge on any atom is 0.270 e. The molecular formula is C25H17Cl2N5O2S. The van der Waals surface area contributed by atoms with Gasteiger partial charge in [0.15, 0.2) is 5.16 Å². The maximum absolute atomic E-state index is 12.6. The van der Waals surface area contributed by atoms with Gasteiger partial charge in [0.25, 0.3) is 11.5 Å². The highest BCUT2D eigenvalue weighted by Crippen LogP contribution is 2.27. The van der Waals surface area contributed by atoms with E-state index in [1.54, 1.807) is 42.5 Å². The second kappa shape index (κ2) is 10.7. The number of benzene rings is 3. The Morgan fingerprint density at radius 2 is 1.89 bits per heavy atom. The van der Waals surface area contributed by atoms with E-state index in [2.05, 4.69) is 15.3 Å². The minimum absolute atomic E-state index is 0.0769. The van der Waals surface area contributed by atoms with Crippen molar-refractivity contribution < 1.29 is 4.79 Å². The normalized spacial score (nSPS) is 10.5. The predicted molar refractivity (Wildman–Crippen MR) is 140 cm³/mol. The molecule has 4 aromatic rings. The van der Waals surface area contributed by atoms with Crippen LogP contribution in [0.4, 0.5) is 11.4 Å². The molecule has 0 aliphatic heterocycles. The van der Waals surface area contributed by atoms with Gasteiger partial charge in [0.1, 0.15) is 11.6 Å². The number of H-pyrrole nitrogens is 1. The van der Waals surface area contributed by atoms with Crippen molar-refractivity contribution in [1.29, 1.82) is 5.26 Å². The molecule has 7 nitrogen and oxygen atoms in total. The number of halogens is 2. The summed E-state index contributed by atoms with van der Waals surface area (Å²) in [4.78, 5) is 32.2. The van der Waals surface area contributed by atoms with E-state index in [1.165, 1.54) is 17.8 Å². The third-order valence-corrected chi connectivity index (χ3v) is 6.60. The Balaban J connectivity index is 1.52. The Bertz CT molecular complexity index is 1530. The van der Waals surface area contributed by atoms with Crippen molar-refractivity contribution in [3.8, 4) is 17.3 Å². The fraction of sp³-hybridized carbons (Fsp3) is 0.0400. The van der Waals surface area contributed by atoms with E-state index in [1.807, 2.05) is 24.3 Å². The van der Waals surface area contributed by atoms with Gasteiger partial charge in [-0.05, 0) is 48.0 Å². The quantitative estimate of drug-likeness (QED) is 0.168. The minimum atomic E-state index is -0.523. The molecule has 10 heteroatoms. The highest BCUT2D eigenvalue weighted by Gasteiger charge is 2.14. The average Bonchev–Trinajstić information content (AvgIpc) is 2.84. The lowest BCUT2D eigenvalue weighted by atomic mass is 10.1. The first-order valence-electron chi connectivity index (χ1n) is 10.2. The van der Waals surface area contributed by atoms with Crippen LogP contribution in [0.25, 0.3) is 11.3 Å². The van der Waals surface area contributed by atoms with E-state index in [-0.39, 0.29) is 17.2 Å². The number of nitrogens with one attached hydrogen (secondary N) is 2. The lowest BCUT2D eigenvalue weighted by Gasteiger charge is -2.09. The van der Waals surface area contributed by atoms with Gasteiger partial charge in [-0.1, -0.05) is 59.2 Å². The number of rotatable bonds is 6. The molecule has 1 amide bonds. The van der Waals surface area contributed by atoms with Crippen molar-refractivity contribution in [3.05, 3.63) is 104 Å². The summed E-state index contributed by atoms with van der Waals surface area (Å²) in [5, 5.41) is 13.3. The second-order valence-electron chi connectivity index (χ2n) is 7.40. The van der Waals surface area contributed by atoms with Crippen molar-refractivity contribution in [2.45, 2.75) is 10.9 Å². The molecular weight excluding hydrogens is 505 g/mol. The highest BCUT2D eigenvalue weighted by molar-refractivity contribution is 7.98. The number of nitrogens with zero attached hydrogens (tertiary/aromatic N) is 2. The number of hydrogen-bond acceptors (Lipinski definition) is 6. The summed E-state index contributed by atoms with van der Waals surface area (Å²) in [6, 6.07) is 20.7. The first kappa shape index (κ1) is 24.4. The van der Waals surface area contributed by atoms with Gasteiger partial charge in [0.2, 0.25) is 0 Å². The number of nitriles is 1. The number of aromatic nitrogens is 2. The fourth-order valence-corrected chi connectivity index (χ4v) is 4.35. The minimum Gasteiger partial charge on any atom is -0.399 e. The summed E-state index contributed by atoms with van der Waals surface area (Å²) >= 11 is 13.2. The molecule has 0 aliphatic rings. The van der Waals surface area contributed by atoms with Crippen LogP contribution in [-0.2, 0) is 5.75 Å². The van der Waals surface area contributed by atoms with Crippen LogP contribution in [0.5, 0.6) is 0 Å². The summed E-state index contributed by atoms with van der Waals surface area (Å²) in [5.41, 5.74) is 8.48. The lowest BCUT2D eigenvalue weighted by molar-refractivity contribution is 0.102. The summed E-state index contributed by atoms with van der Waals surface area (Å²) < 4.78 is 0. The Hall–Kier alpha value is -3.77. The lowest BCUT2D eigenvalue weighted by Crippen LogP contribution is -2.15. The highest BCUT2D eigenvalue weighted by atomic mass is 35.5. The van der Waals surface area contributed by atoms with Crippen LogP contribution in [0.15, 0.2) is 76.7 Å². The molecule has 0 fully saturated rings. The summed E-state index contributed by atoms with van der Waals surface area (Å²) in [6.45, 7) is 0. The molecule has 174 valence electrons. The fourth-order valence-electron chi connectivity index (χ4n) is 3.25. The topological polar surface area (TPSA) is 125 Å². The molecule has 0 radical (unpaired) electrons. The van der Waals surface area contributed by atoms with Crippen molar-refractivity contribution in [1.82, 2.24) is 9.97 Å². The largest absolute Gasteiger partial charge is 0.399 e. The third-order valence-electron chi connectivity index (χ3n) is 4.91. The molecule has 4 N–H and O–H groups in total. The molecule has 0 atom stereocenters. The second-order valence-corrected chi connectivity index (χ2v) is 9.18. The first-order chi connectivity index (χ1) is 16.8. The number of amides is 1. The van der Waals surface area contributed by atoms with Crippen LogP contribution in [0.3, 0.4) is 0 Å².